The second-order valence-electron chi connectivity index (χ2n) is 5.79. The van der Waals surface area contributed by atoms with Crippen molar-refractivity contribution < 1.29 is 14.3 Å². The van der Waals surface area contributed by atoms with Crippen LogP contribution in [0, 0.1) is 0 Å². The molecule has 2 amide bonds. The van der Waals surface area contributed by atoms with E-state index in [1.807, 2.05) is 30.3 Å². The summed E-state index contributed by atoms with van der Waals surface area (Å²) in [6, 6.07) is 16.6. The van der Waals surface area contributed by atoms with E-state index in [0.717, 1.165) is 11.3 Å². The Labute approximate surface area is 156 Å². The minimum atomic E-state index is -0.214. The molecule has 134 valence electrons. The summed E-state index contributed by atoms with van der Waals surface area (Å²) in [7, 11) is 0. The van der Waals surface area contributed by atoms with Gasteiger partial charge in [0, 0.05) is 23.5 Å². The highest BCUT2D eigenvalue weighted by Gasteiger charge is 2.19. The summed E-state index contributed by atoms with van der Waals surface area (Å²) < 4.78 is 5.42. The number of anilines is 1. The molecule has 0 spiro atoms. The number of carbonyl (C=O) groups is 2. The zero-order valence-corrected chi connectivity index (χ0v) is 15.3. The molecule has 1 aliphatic heterocycles. The molecule has 0 aliphatic carbocycles. The van der Waals surface area contributed by atoms with Crippen molar-refractivity contribution in [3.05, 3.63) is 76.4 Å². The minimum Gasteiger partial charge on any atom is -0.496 e. The maximum absolute atomic E-state index is 12.4. The van der Waals surface area contributed by atoms with E-state index in [0.29, 0.717) is 35.1 Å². The number of nitrogens with one attached hydrogen (secondary N) is 2. The Balaban J connectivity index is 1.64. The third-order valence-electron chi connectivity index (χ3n) is 3.85. The average molecular weight is 368 g/mol. The molecule has 0 bridgehead atoms. The highest BCUT2D eigenvalue weighted by atomic mass is 32.2. The van der Waals surface area contributed by atoms with E-state index >= 15 is 0 Å². The fraction of sp³-hybridized carbons (Fsp3) is 0.200. The molecule has 2 aromatic carbocycles. The molecule has 5 nitrogen and oxygen atoms in total. The normalized spacial score (nSPS) is 13.7. The van der Waals surface area contributed by atoms with Gasteiger partial charge in [-0.05, 0) is 30.7 Å². The van der Waals surface area contributed by atoms with Crippen LogP contribution in [0.1, 0.15) is 22.8 Å². The van der Waals surface area contributed by atoms with Gasteiger partial charge in [-0.3, -0.25) is 9.59 Å². The predicted octanol–water partition coefficient (Wildman–Crippen LogP) is 3.55. The van der Waals surface area contributed by atoms with Gasteiger partial charge in [-0.1, -0.05) is 36.4 Å². The zero-order chi connectivity index (χ0) is 18.4. The van der Waals surface area contributed by atoms with Gasteiger partial charge in [0.15, 0.2) is 0 Å². The van der Waals surface area contributed by atoms with Gasteiger partial charge in [-0.15, -0.1) is 11.8 Å². The molecule has 3 rings (SSSR count). The number of amides is 2. The molecule has 6 heteroatoms. The summed E-state index contributed by atoms with van der Waals surface area (Å²) in [6.45, 7) is 2.86. The van der Waals surface area contributed by atoms with Crippen molar-refractivity contribution in [1.82, 2.24) is 5.32 Å². The van der Waals surface area contributed by atoms with E-state index in [1.165, 1.54) is 11.8 Å². The van der Waals surface area contributed by atoms with Crippen molar-refractivity contribution in [2.45, 2.75) is 13.5 Å². The number of rotatable bonds is 5. The molecule has 0 saturated carbocycles. The topological polar surface area (TPSA) is 67.4 Å². The van der Waals surface area contributed by atoms with Crippen LogP contribution >= 0.6 is 11.8 Å². The van der Waals surface area contributed by atoms with Crippen LogP contribution in [0.3, 0.4) is 0 Å². The second kappa shape index (κ2) is 8.58. The molecule has 1 aliphatic rings. The Kier molecular flexibility index (Phi) is 5.96. The van der Waals surface area contributed by atoms with Crippen molar-refractivity contribution in [3.8, 4) is 0 Å². The third-order valence-corrected chi connectivity index (χ3v) is 4.99. The summed E-state index contributed by atoms with van der Waals surface area (Å²) >= 11 is 1.48. The quantitative estimate of drug-likeness (QED) is 0.847. The molecule has 1 heterocycles. The first-order valence-corrected chi connectivity index (χ1v) is 9.32. The predicted molar refractivity (Wildman–Crippen MR) is 104 cm³/mol. The van der Waals surface area contributed by atoms with E-state index in [9.17, 15) is 9.59 Å². The summed E-state index contributed by atoms with van der Waals surface area (Å²) in [4.78, 5) is 25.3. The molecule has 26 heavy (non-hydrogen) atoms. The lowest BCUT2D eigenvalue weighted by molar-refractivity contribution is -0.112. The minimum absolute atomic E-state index is 0.185. The smallest absolute Gasteiger partial charge is 0.265 e. The number of hydrogen-bond donors (Lipinski definition) is 2. The first kappa shape index (κ1) is 18.1. The number of carbonyl (C=O) groups excluding carboxylic acids is 2. The van der Waals surface area contributed by atoms with E-state index in [4.69, 9.17) is 4.74 Å². The van der Waals surface area contributed by atoms with Crippen LogP contribution < -0.4 is 10.6 Å². The molecule has 0 atom stereocenters. The van der Waals surface area contributed by atoms with E-state index in [2.05, 4.69) is 10.6 Å². The number of thioether (sulfide) groups is 1. The van der Waals surface area contributed by atoms with Crippen molar-refractivity contribution in [2.24, 2.45) is 0 Å². The van der Waals surface area contributed by atoms with Crippen LogP contribution in [0.2, 0.25) is 0 Å². The highest BCUT2D eigenvalue weighted by molar-refractivity contribution is 8.04. The van der Waals surface area contributed by atoms with E-state index in [1.54, 1.807) is 31.2 Å². The van der Waals surface area contributed by atoms with Crippen molar-refractivity contribution in [3.63, 3.8) is 0 Å². The van der Waals surface area contributed by atoms with Crippen LogP contribution in [0.4, 0.5) is 5.69 Å². The van der Waals surface area contributed by atoms with Crippen molar-refractivity contribution >= 4 is 29.3 Å². The summed E-state index contributed by atoms with van der Waals surface area (Å²) in [5.74, 6) is 0.988. The molecule has 0 radical (unpaired) electrons. The fourth-order valence-corrected chi connectivity index (χ4v) is 3.35. The largest absolute Gasteiger partial charge is 0.496 e. The average Bonchev–Trinajstić information content (AvgIpc) is 2.67. The Hall–Kier alpha value is -2.73. The van der Waals surface area contributed by atoms with E-state index < -0.39 is 0 Å². The van der Waals surface area contributed by atoms with Crippen LogP contribution in [-0.4, -0.2) is 24.2 Å². The summed E-state index contributed by atoms with van der Waals surface area (Å²) in [5, 5.41) is 5.71. The van der Waals surface area contributed by atoms with Crippen molar-refractivity contribution in [2.75, 3.05) is 17.7 Å². The van der Waals surface area contributed by atoms with Gasteiger partial charge in [0.25, 0.3) is 11.8 Å². The molecular weight excluding hydrogens is 348 g/mol. The summed E-state index contributed by atoms with van der Waals surface area (Å²) in [6.07, 6.45) is 0. The molecule has 0 saturated heterocycles. The molecule has 2 aromatic rings. The second-order valence-corrected chi connectivity index (χ2v) is 6.89. The van der Waals surface area contributed by atoms with Gasteiger partial charge in [0.2, 0.25) is 0 Å². The fourth-order valence-electron chi connectivity index (χ4n) is 2.54. The maximum Gasteiger partial charge on any atom is 0.265 e. The number of hydrogen-bond acceptors (Lipinski definition) is 4. The standard InChI is InChI=1S/C20H20N2O3S/c1-14-18(26-11-10-25-14)20(24)22-17-9-5-8-16(12-17)19(23)21-13-15-6-3-2-4-7-15/h2-9,12H,10-11,13H2,1H3,(H,21,23)(H,22,24). The lowest BCUT2D eigenvalue weighted by Crippen LogP contribution is -2.23. The number of benzene rings is 2. The van der Waals surface area contributed by atoms with Crippen LogP contribution in [0.25, 0.3) is 0 Å². The van der Waals surface area contributed by atoms with Crippen LogP contribution in [0.15, 0.2) is 65.3 Å². The van der Waals surface area contributed by atoms with Gasteiger partial charge in [-0.2, -0.15) is 0 Å². The van der Waals surface area contributed by atoms with Gasteiger partial charge in [-0.25, -0.2) is 0 Å². The van der Waals surface area contributed by atoms with Gasteiger partial charge >= 0.3 is 0 Å². The van der Waals surface area contributed by atoms with Crippen molar-refractivity contribution in [1.29, 1.82) is 0 Å². The highest BCUT2D eigenvalue weighted by Crippen LogP contribution is 2.26. The SMILES string of the molecule is CC1=C(C(=O)Nc2cccc(C(=O)NCc3ccccc3)c2)SCCO1. The Morgan fingerprint density at radius 3 is 2.65 bits per heavy atom. The van der Waals surface area contributed by atoms with E-state index in [-0.39, 0.29) is 11.8 Å². The molecule has 0 unspecified atom stereocenters. The first-order chi connectivity index (χ1) is 12.6. The van der Waals surface area contributed by atoms with Crippen LogP contribution in [-0.2, 0) is 16.1 Å². The lowest BCUT2D eigenvalue weighted by Gasteiger charge is -2.17. The molecule has 2 N–H and O–H groups in total. The zero-order valence-electron chi connectivity index (χ0n) is 14.5. The van der Waals surface area contributed by atoms with Crippen LogP contribution in [0.5, 0.6) is 0 Å². The third kappa shape index (κ3) is 4.67. The Morgan fingerprint density at radius 1 is 1.08 bits per heavy atom. The lowest BCUT2D eigenvalue weighted by atomic mass is 10.1. The number of allylic oxidation sites excluding steroid dienone is 1. The molecule has 0 fully saturated rings. The first-order valence-electron chi connectivity index (χ1n) is 8.33. The van der Waals surface area contributed by atoms with Gasteiger partial charge in [0.1, 0.15) is 10.7 Å². The molecule has 0 aromatic heterocycles. The monoisotopic (exact) mass is 368 g/mol. The number of ether oxygens (including phenoxy) is 1. The molecular formula is C20H20N2O3S. The summed E-state index contributed by atoms with van der Waals surface area (Å²) in [5.41, 5.74) is 2.10. The maximum atomic E-state index is 12.4. The Bertz CT molecular complexity index is 834. The van der Waals surface area contributed by atoms with Gasteiger partial charge in [0.05, 0.1) is 6.61 Å². The Morgan fingerprint density at radius 2 is 1.88 bits per heavy atom. The van der Waals surface area contributed by atoms with Gasteiger partial charge < -0.3 is 15.4 Å².